The predicted octanol–water partition coefficient (Wildman–Crippen LogP) is 7.22. The van der Waals surface area contributed by atoms with Crippen molar-refractivity contribution in [2.24, 2.45) is 4.99 Å². The molecular formula is C29H27F3N2O3. The second-order valence-electron chi connectivity index (χ2n) is 9.41. The SMILES string of the molecule is C.CC(C)(COC(F)F)c1c(-c2ccc(C(=O)O)cc2)c2cc3c(cc2n1-c1ccc(F)cc1)C=NC3. The number of carboxylic acids is 1. The molecule has 1 aliphatic rings. The standard InChI is InChI=1S/C28H23F3N2O3.CH4/c1-28(2,15-36-27(30)31)25-24(16-3-5-17(6-4-16)26(34)35)22-11-18-13-32-14-19(18)12-23(22)33(25)21-9-7-20(29)8-10-21;/h3-12,14,27H,13,15H2,1-2H3,(H,34,35);1H4. The number of hydrogen-bond acceptors (Lipinski definition) is 3. The molecule has 0 atom stereocenters. The zero-order chi connectivity index (χ0) is 25.6. The van der Waals surface area contributed by atoms with Crippen LogP contribution >= 0.6 is 0 Å². The third kappa shape index (κ3) is 4.76. The third-order valence-electron chi connectivity index (χ3n) is 6.44. The number of rotatable bonds is 7. The first-order valence-corrected chi connectivity index (χ1v) is 11.4. The Balaban J connectivity index is 0.00000320. The van der Waals surface area contributed by atoms with E-state index in [0.29, 0.717) is 17.9 Å². The summed E-state index contributed by atoms with van der Waals surface area (Å²) in [6.45, 7) is 0.939. The molecule has 0 saturated carbocycles. The van der Waals surface area contributed by atoms with Gasteiger partial charge in [-0.15, -0.1) is 0 Å². The van der Waals surface area contributed by atoms with Gasteiger partial charge in [-0.05, 0) is 65.2 Å². The van der Waals surface area contributed by atoms with Crippen molar-refractivity contribution in [2.75, 3.05) is 6.61 Å². The quantitative estimate of drug-likeness (QED) is 0.287. The Labute approximate surface area is 212 Å². The van der Waals surface area contributed by atoms with Gasteiger partial charge in [0, 0.05) is 34.0 Å². The van der Waals surface area contributed by atoms with Gasteiger partial charge in [-0.3, -0.25) is 4.99 Å². The molecule has 8 heteroatoms. The van der Waals surface area contributed by atoms with Crippen LogP contribution in [0.15, 0.2) is 65.7 Å². The molecule has 0 aliphatic carbocycles. The highest BCUT2D eigenvalue weighted by Gasteiger charge is 2.33. The smallest absolute Gasteiger partial charge is 0.345 e. The largest absolute Gasteiger partial charge is 0.478 e. The van der Waals surface area contributed by atoms with E-state index in [1.54, 1.807) is 30.5 Å². The van der Waals surface area contributed by atoms with E-state index in [9.17, 15) is 23.1 Å². The average molecular weight is 509 g/mol. The van der Waals surface area contributed by atoms with Crippen LogP contribution in [0.2, 0.25) is 0 Å². The van der Waals surface area contributed by atoms with Crippen molar-refractivity contribution in [3.63, 3.8) is 0 Å². The average Bonchev–Trinajstić information content (AvgIpc) is 3.44. The van der Waals surface area contributed by atoms with Crippen LogP contribution in [-0.2, 0) is 16.7 Å². The fourth-order valence-electron chi connectivity index (χ4n) is 4.80. The molecule has 0 radical (unpaired) electrons. The van der Waals surface area contributed by atoms with Gasteiger partial charge in [0.1, 0.15) is 5.82 Å². The number of carboxylic acid groups (broad SMARTS) is 1. The van der Waals surface area contributed by atoms with Crippen molar-refractivity contribution in [3.8, 4) is 16.8 Å². The summed E-state index contributed by atoms with van der Waals surface area (Å²) in [7, 11) is 0. The van der Waals surface area contributed by atoms with Crippen LogP contribution in [0, 0.1) is 5.82 Å². The maximum atomic E-state index is 13.8. The van der Waals surface area contributed by atoms with Crippen molar-refractivity contribution < 1.29 is 27.8 Å². The normalized spacial score (nSPS) is 12.7. The molecule has 3 aromatic carbocycles. The predicted molar refractivity (Wildman–Crippen MR) is 139 cm³/mol. The number of nitrogens with zero attached hydrogens (tertiary/aromatic N) is 2. The van der Waals surface area contributed by atoms with E-state index in [-0.39, 0.29) is 19.6 Å². The van der Waals surface area contributed by atoms with Gasteiger partial charge >= 0.3 is 12.6 Å². The zero-order valence-electron chi connectivity index (χ0n) is 19.6. The second kappa shape index (κ2) is 9.86. The molecule has 1 N–H and O–H groups in total. The Hall–Kier alpha value is -3.91. The van der Waals surface area contributed by atoms with Crippen LogP contribution in [-0.4, -0.2) is 35.1 Å². The Morgan fingerprint density at radius 3 is 2.41 bits per heavy atom. The molecule has 0 saturated heterocycles. The highest BCUT2D eigenvalue weighted by atomic mass is 19.3. The first kappa shape index (κ1) is 26.2. The first-order chi connectivity index (χ1) is 17.2. The van der Waals surface area contributed by atoms with Gasteiger partial charge in [-0.25, -0.2) is 9.18 Å². The summed E-state index contributed by atoms with van der Waals surface area (Å²) in [6, 6.07) is 16.5. The monoisotopic (exact) mass is 508 g/mol. The number of aromatic nitrogens is 1. The number of aromatic carboxylic acids is 1. The van der Waals surface area contributed by atoms with Crippen molar-refractivity contribution in [1.29, 1.82) is 0 Å². The summed E-state index contributed by atoms with van der Waals surface area (Å²) < 4.78 is 46.8. The minimum atomic E-state index is -2.94. The Morgan fingerprint density at radius 2 is 1.78 bits per heavy atom. The Morgan fingerprint density at radius 1 is 1.11 bits per heavy atom. The van der Waals surface area contributed by atoms with Gasteiger partial charge in [0.05, 0.1) is 24.2 Å². The lowest BCUT2D eigenvalue weighted by molar-refractivity contribution is -0.139. The molecule has 37 heavy (non-hydrogen) atoms. The minimum Gasteiger partial charge on any atom is -0.478 e. The van der Waals surface area contributed by atoms with E-state index in [2.05, 4.69) is 4.99 Å². The summed E-state index contributed by atoms with van der Waals surface area (Å²) in [4.78, 5) is 15.8. The summed E-state index contributed by atoms with van der Waals surface area (Å²) in [5.41, 5.74) is 4.83. The molecule has 0 amide bonds. The van der Waals surface area contributed by atoms with Gasteiger partial charge in [-0.2, -0.15) is 8.78 Å². The van der Waals surface area contributed by atoms with Gasteiger partial charge in [0.2, 0.25) is 0 Å². The maximum Gasteiger partial charge on any atom is 0.345 e. The third-order valence-corrected chi connectivity index (χ3v) is 6.44. The Kier molecular flexibility index (Phi) is 6.97. The number of hydrogen-bond donors (Lipinski definition) is 1. The Bertz CT molecular complexity index is 1490. The molecule has 1 aromatic heterocycles. The van der Waals surface area contributed by atoms with E-state index in [1.165, 1.54) is 24.3 Å². The summed E-state index contributed by atoms with van der Waals surface area (Å²) in [6.07, 6.45) is 1.79. The van der Waals surface area contributed by atoms with E-state index < -0.39 is 23.8 Å². The van der Waals surface area contributed by atoms with Crippen LogP contribution in [0.3, 0.4) is 0 Å². The highest BCUT2D eigenvalue weighted by Crippen LogP contribution is 2.44. The number of fused-ring (bicyclic) bond motifs is 2. The number of alkyl halides is 2. The van der Waals surface area contributed by atoms with E-state index in [1.807, 2.05) is 30.5 Å². The molecule has 5 rings (SSSR count). The molecule has 4 aromatic rings. The zero-order valence-corrected chi connectivity index (χ0v) is 19.6. The van der Waals surface area contributed by atoms with Crippen molar-refractivity contribution in [1.82, 2.24) is 4.57 Å². The summed E-state index contributed by atoms with van der Waals surface area (Å²) in [5, 5.41) is 10.2. The number of ether oxygens (including phenoxy) is 1. The van der Waals surface area contributed by atoms with Crippen molar-refractivity contribution in [2.45, 2.75) is 39.8 Å². The molecule has 5 nitrogen and oxygen atoms in total. The summed E-state index contributed by atoms with van der Waals surface area (Å²) >= 11 is 0. The minimum absolute atomic E-state index is 0. The topological polar surface area (TPSA) is 63.8 Å². The lowest BCUT2D eigenvalue weighted by Gasteiger charge is -2.28. The highest BCUT2D eigenvalue weighted by molar-refractivity contribution is 6.03. The van der Waals surface area contributed by atoms with Gasteiger partial charge in [-0.1, -0.05) is 33.4 Å². The number of carbonyl (C=O) groups is 1. The molecular weight excluding hydrogens is 481 g/mol. The van der Waals surface area contributed by atoms with Crippen LogP contribution < -0.4 is 0 Å². The molecule has 1 aliphatic heterocycles. The van der Waals surface area contributed by atoms with Crippen LogP contribution in [0.25, 0.3) is 27.7 Å². The van der Waals surface area contributed by atoms with Crippen molar-refractivity contribution >= 4 is 23.1 Å². The number of aliphatic imine (C=N–C) groups is 1. The van der Waals surface area contributed by atoms with Crippen LogP contribution in [0.4, 0.5) is 13.2 Å². The first-order valence-electron chi connectivity index (χ1n) is 11.4. The fourth-order valence-corrected chi connectivity index (χ4v) is 4.80. The maximum absolute atomic E-state index is 13.8. The van der Waals surface area contributed by atoms with Crippen LogP contribution in [0.5, 0.6) is 0 Å². The van der Waals surface area contributed by atoms with Crippen LogP contribution in [0.1, 0.15) is 48.5 Å². The van der Waals surface area contributed by atoms with E-state index in [0.717, 1.165) is 33.2 Å². The fraction of sp³-hybridized carbons (Fsp3) is 0.241. The molecule has 0 fully saturated rings. The number of benzene rings is 3. The van der Waals surface area contributed by atoms with Gasteiger partial charge in [0.15, 0.2) is 0 Å². The molecule has 192 valence electrons. The van der Waals surface area contributed by atoms with Gasteiger partial charge in [0.25, 0.3) is 0 Å². The van der Waals surface area contributed by atoms with E-state index in [4.69, 9.17) is 4.74 Å². The summed E-state index contributed by atoms with van der Waals surface area (Å²) in [5.74, 6) is -1.44. The van der Waals surface area contributed by atoms with E-state index >= 15 is 0 Å². The molecule has 0 bridgehead atoms. The molecule has 0 unspecified atom stereocenters. The lowest BCUT2D eigenvalue weighted by Crippen LogP contribution is -2.29. The van der Waals surface area contributed by atoms with Crippen molar-refractivity contribution in [3.05, 3.63) is 88.9 Å². The molecule has 0 spiro atoms. The number of halogens is 3. The second-order valence-corrected chi connectivity index (χ2v) is 9.41. The van der Waals surface area contributed by atoms with Gasteiger partial charge < -0.3 is 14.4 Å². The molecule has 2 heterocycles. The lowest BCUT2D eigenvalue weighted by atomic mass is 9.84.